The molecule has 0 spiro atoms. The minimum atomic E-state index is -3.85. The van der Waals surface area contributed by atoms with Gasteiger partial charge in [0.2, 0.25) is 16.0 Å². The van der Waals surface area contributed by atoms with Crippen LogP contribution in [-0.2, 0) is 22.7 Å². The lowest BCUT2D eigenvalue weighted by atomic mass is 9.86. The molecule has 0 bridgehead atoms. The molecule has 1 fully saturated rings. The molecule has 3 N–H and O–H groups in total. The van der Waals surface area contributed by atoms with Gasteiger partial charge in [-0.15, -0.1) is 0 Å². The van der Waals surface area contributed by atoms with Crippen LogP contribution in [0, 0.1) is 13.8 Å². The fraction of sp³-hybridized carbons (Fsp3) is 0.367. The van der Waals surface area contributed by atoms with Gasteiger partial charge in [0, 0.05) is 36.6 Å². The number of nitrogens with zero attached hydrogens (tertiary/aromatic N) is 5. The molecule has 12 nitrogen and oxygen atoms in total. The van der Waals surface area contributed by atoms with Gasteiger partial charge in [0.05, 0.1) is 35.4 Å². The van der Waals surface area contributed by atoms with E-state index in [4.69, 9.17) is 16.6 Å². The van der Waals surface area contributed by atoms with E-state index in [1.165, 1.54) is 16.7 Å². The van der Waals surface area contributed by atoms with Crippen molar-refractivity contribution in [2.24, 2.45) is 7.05 Å². The van der Waals surface area contributed by atoms with Gasteiger partial charge in [0.25, 0.3) is 11.5 Å². The molecule has 1 saturated heterocycles. The monoisotopic (exact) mass is 639 g/mol. The highest BCUT2D eigenvalue weighted by Crippen LogP contribution is 2.34. The molecule has 0 saturated carbocycles. The Kier molecular flexibility index (Phi) is 8.40. The maximum absolute atomic E-state index is 13.7. The molecule has 44 heavy (non-hydrogen) atoms. The summed E-state index contributed by atoms with van der Waals surface area (Å²) in [6.07, 6.45) is 3.79. The third-order valence-electron chi connectivity index (χ3n) is 7.73. The van der Waals surface area contributed by atoms with Gasteiger partial charge in [-0.1, -0.05) is 23.7 Å². The molecule has 1 aromatic carbocycles. The van der Waals surface area contributed by atoms with E-state index < -0.39 is 27.6 Å². The molecule has 1 amide bonds. The molecule has 5 rings (SSSR count). The number of aryl methyl sites for hydroxylation is 2. The van der Waals surface area contributed by atoms with Crippen LogP contribution in [-0.4, -0.2) is 58.3 Å². The summed E-state index contributed by atoms with van der Waals surface area (Å²) in [6.45, 7) is 6.42. The molecule has 1 aliphatic rings. The van der Waals surface area contributed by atoms with Crippen LogP contribution in [0.3, 0.4) is 0 Å². The summed E-state index contributed by atoms with van der Waals surface area (Å²) in [5.41, 5.74) is 2.17. The predicted molar refractivity (Wildman–Crippen MR) is 170 cm³/mol. The van der Waals surface area contributed by atoms with Gasteiger partial charge in [-0.05, 0) is 63.4 Å². The van der Waals surface area contributed by atoms with E-state index in [-0.39, 0.29) is 28.6 Å². The number of anilines is 2. The lowest BCUT2D eigenvalue weighted by Gasteiger charge is -2.40. The van der Waals surface area contributed by atoms with Gasteiger partial charge in [0.15, 0.2) is 5.69 Å². The number of rotatable bonds is 7. The van der Waals surface area contributed by atoms with Gasteiger partial charge in [-0.3, -0.25) is 19.1 Å². The Bertz CT molecular complexity index is 1930. The first-order valence-corrected chi connectivity index (χ1v) is 16.3. The van der Waals surface area contributed by atoms with Gasteiger partial charge < -0.3 is 15.3 Å². The summed E-state index contributed by atoms with van der Waals surface area (Å²) >= 11 is 6.03. The topological polar surface area (TPSA) is 159 Å². The Labute approximate surface area is 260 Å². The second-order valence-corrected chi connectivity index (χ2v) is 13.5. The first-order valence-electron chi connectivity index (χ1n) is 14.0. The summed E-state index contributed by atoms with van der Waals surface area (Å²) in [5, 5.41) is 15.3. The third kappa shape index (κ3) is 6.40. The molecular formula is C30H34ClN7O5S. The molecule has 1 aliphatic heterocycles. The van der Waals surface area contributed by atoms with Gasteiger partial charge >= 0.3 is 0 Å². The van der Waals surface area contributed by atoms with Crippen molar-refractivity contribution >= 4 is 50.1 Å². The summed E-state index contributed by atoms with van der Waals surface area (Å²) < 4.78 is 26.9. The average molecular weight is 640 g/mol. The number of pyridine rings is 2. The minimum absolute atomic E-state index is 0.0144. The standard InChI is InChI=1S/C30H34ClN7O5S/c1-17-13-21(19(3)33-23-9-10-24(31)34-26(23)27(39)36-44(5,42)43)25-22(14-17)28(40)37(4)29(35-25)38-12-6-11-30(41,16-38)20-8-7-18(2)32-15-20/h7-10,13-15,19,33,41H,6,11-12,16H2,1-5H3,(H,36,39)/t19-,30-/m1/s1. The van der Waals surface area contributed by atoms with Crippen molar-refractivity contribution in [2.45, 2.75) is 45.3 Å². The highest BCUT2D eigenvalue weighted by molar-refractivity contribution is 7.89. The fourth-order valence-electron chi connectivity index (χ4n) is 5.59. The van der Waals surface area contributed by atoms with Crippen molar-refractivity contribution in [3.05, 3.63) is 86.2 Å². The van der Waals surface area contributed by atoms with E-state index in [1.807, 2.05) is 48.6 Å². The Morgan fingerprint density at radius 2 is 1.91 bits per heavy atom. The summed E-state index contributed by atoms with van der Waals surface area (Å²) in [4.78, 5) is 41.8. The summed E-state index contributed by atoms with van der Waals surface area (Å²) in [5.74, 6) is -0.520. The Hall–Kier alpha value is -4.07. The van der Waals surface area contributed by atoms with Crippen LogP contribution in [0.4, 0.5) is 11.6 Å². The van der Waals surface area contributed by atoms with E-state index >= 15 is 0 Å². The number of nitrogens with one attached hydrogen (secondary N) is 2. The van der Waals surface area contributed by atoms with Gasteiger partial charge in [-0.25, -0.2) is 23.1 Å². The van der Waals surface area contributed by atoms with Crippen molar-refractivity contribution < 1.29 is 18.3 Å². The molecule has 2 atom stereocenters. The number of benzene rings is 1. The van der Waals surface area contributed by atoms with Gasteiger partial charge in [-0.2, -0.15) is 0 Å². The van der Waals surface area contributed by atoms with Crippen molar-refractivity contribution in [3.8, 4) is 0 Å². The summed E-state index contributed by atoms with van der Waals surface area (Å²) in [7, 11) is -2.18. The van der Waals surface area contributed by atoms with E-state index in [1.54, 1.807) is 19.3 Å². The van der Waals surface area contributed by atoms with Crippen LogP contribution < -0.4 is 20.5 Å². The molecule has 232 valence electrons. The maximum atomic E-state index is 13.7. The van der Waals surface area contributed by atoms with Crippen LogP contribution >= 0.6 is 11.6 Å². The van der Waals surface area contributed by atoms with E-state index in [0.29, 0.717) is 47.4 Å². The first kappa shape index (κ1) is 31.4. The first-order chi connectivity index (χ1) is 20.6. The molecule has 0 aliphatic carbocycles. The molecule has 14 heteroatoms. The smallest absolute Gasteiger partial charge is 0.285 e. The summed E-state index contributed by atoms with van der Waals surface area (Å²) in [6, 6.07) is 9.94. The second kappa shape index (κ2) is 11.8. The molecule has 0 unspecified atom stereocenters. The van der Waals surface area contributed by atoms with Crippen molar-refractivity contribution in [3.63, 3.8) is 0 Å². The number of hydrogen-bond acceptors (Lipinski definition) is 10. The zero-order valence-corrected chi connectivity index (χ0v) is 26.6. The van der Waals surface area contributed by atoms with Crippen LogP contribution in [0.5, 0.6) is 0 Å². The van der Waals surface area contributed by atoms with Crippen LogP contribution in [0.25, 0.3) is 10.9 Å². The minimum Gasteiger partial charge on any atom is -0.383 e. The lowest BCUT2D eigenvalue weighted by molar-refractivity contribution is 0.0210. The number of β-amino-alcohol motifs (C(OH)–C–C–N with tert-alkyl or cyclic N) is 1. The molecular weight excluding hydrogens is 606 g/mol. The number of carbonyl (C=O) groups excluding carboxylic acids is 1. The van der Waals surface area contributed by atoms with Crippen molar-refractivity contribution in [2.75, 3.05) is 29.6 Å². The number of amides is 1. The van der Waals surface area contributed by atoms with Crippen LogP contribution in [0.15, 0.2) is 47.4 Å². The molecule has 3 aromatic heterocycles. The largest absolute Gasteiger partial charge is 0.383 e. The number of piperidine rings is 1. The number of halogens is 1. The molecule has 0 radical (unpaired) electrons. The third-order valence-corrected chi connectivity index (χ3v) is 8.49. The number of carbonyl (C=O) groups is 1. The highest BCUT2D eigenvalue weighted by atomic mass is 35.5. The molecule has 4 aromatic rings. The van der Waals surface area contributed by atoms with E-state index in [9.17, 15) is 23.1 Å². The number of hydrogen-bond donors (Lipinski definition) is 3. The van der Waals surface area contributed by atoms with Crippen molar-refractivity contribution in [1.82, 2.24) is 24.2 Å². The number of aliphatic hydroxyl groups is 1. The number of sulfonamides is 1. The average Bonchev–Trinajstić information content (AvgIpc) is 2.95. The number of aromatic nitrogens is 4. The second-order valence-electron chi connectivity index (χ2n) is 11.4. The predicted octanol–water partition coefficient (Wildman–Crippen LogP) is 3.34. The normalized spacial score (nSPS) is 17.8. The SMILES string of the molecule is Cc1cc([C@@H](C)Nc2ccc(Cl)nc2C(=O)NS(C)(=O)=O)c2nc(N3CCC[C@](O)(c4ccc(C)nc4)C3)n(C)c(=O)c2c1. The lowest BCUT2D eigenvalue weighted by Crippen LogP contribution is -2.48. The van der Waals surface area contributed by atoms with Gasteiger partial charge in [0.1, 0.15) is 10.8 Å². The maximum Gasteiger partial charge on any atom is 0.285 e. The van der Waals surface area contributed by atoms with E-state index in [2.05, 4.69) is 15.3 Å². The quantitative estimate of drug-likeness (QED) is 0.256. The highest BCUT2D eigenvalue weighted by Gasteiger charge is 2.37. The fourth-order valence-corrected chi connectivity index (χ4v) is 6.17. The van der Waals surface area contributed by atoms with Crippen molar-refractivity contribution in [1.29, 1.82) is 0 Å². The van der Waals surface area contributed by atoms with Crippen LogP contribution in [0.1, 0.15) is 58.7 Å². The Morgan fingerprint density at radius 3 is 2.59 bits per heavy atom. The van der Waals surface area contributed by atoms with E-state index in [0.717, 1.165) is 17.5 Å². The Balaban J connectivity index is 1.55. The Morgan fingerprint density at radius 1 is 1.16 bits per heavy atom. The van der Waals surface area contributed by atoms with Crippen LogP contribution in [0.2, 0.25) is 5.15 Å². The number of fused-ring (bicyclic) bond motifs is 1. The zero-order chi connectivity index (χ0) is 32.0. The zero-order valence-electron chi connectivity index (χ0n) is 25.0. The molecule has 4 heterocycles.